The van der Waals surface area contributed by atoms with Gasteiger partial charge in [-0.2, -0.15) is 13.2 Å². The first-order valence-electron chi connectivity index (χ1n) is 5.84. The van der Waals surface area contributed by atoms with E-state index in [4.69, 9.17) is 0 Å². The van der Waals surface area contributed by atoms with Gasteiger partial charge in [0.15, 0.2) is 0 Å². The number of carbonyl (C=O) groups excluding carboxylic acids is 1. The largest absolute Gasteiger partial charge is 0.406 e. The Hall–Kier alpha value is -0.780. The van der Waals surface area contributed by atoms with Gasteiger partial charge in [-0.1, -0.05) is 13.8 Å². The molecule has 1 N–H and O–H groups in total. The highest BCUT2D eigenvalue weighted by molar-refractivity contribution is 5.76. The SMILES string of the molecule is CCN(CC(F)(F)F)C(=O)CCCNC(C)C. The Kier molecular flexibility index (Phi) is 7.18. The lowest BCUT2D eigenvalue weighted by Crippen LogP contribution is -2.39. The van der Waals surface area contributed by atoms with E-state index in [1.807, 2.05) is 13.8 Å². The van der Waals surface area contributed by atoms with E-state index >= 15 is 0 Å². The molecule has 0 aromatic heterocycles. The maximum atomic E-state index is 12.1. The summed E-state index contributed by atoms with van der Waals surface area (Å²) in [7, 11) is 0. The molecular formula is C11H21F3N2O. The molecule has 0 heterocycles. The molecule has 0 bridgehead atoms. The average Bonchev–Trinajstić information content (AvgIpc) is 2.19. The van der Waals surface area contributed by atoms with Gasteiger partial charge < -0.3 is 10.2 Å². The zero-order chi connectivity index (χ0) is 13.5. The molecule has 102 valence electrons. The lowest BCUT2D eigenvalue weighted by Gasteiger charge is -2.22. The second kappa shape index (κ2) is 7.53. The van der Waals surface area contributed by atoms with Gasteiger partial charge in [-0.25, -0.2) is 0 Å². The van der Waals surface area contributed by atoms with Crippen molar-refractivity contribution < 1.29 is 18.0 Å². The van der Waals surface area contributed by atoms with Gasteiger partial charge in [0, 0.05) is 19.0 Å². The number of amides is 1. The Bertz CT molecular complexity index is 229. The summed E-state index contributed by atoms with van der Waals surface area (Å²) in [6, 6.07) is 0.322. The molecule has 0 saturated heterocycles. The van der Waals surface area contributed by atoms with E-state index in [0.29, 0.717) is 19.0 Å². The summed E-state index contributed by atoms with van der Waals surface area (Å²) < 4.78 is 36.4. The second-order valence-electron chi connectivity index (χ2n) is 4.24. The Balaban J connectivity index is 3.93. The number of carbonyl (C=O) groups is 1. The van der Waals surface area contributed by atoms with E-state index in [2.05, 4.69) is 5.32 Å². The molecule has 0 aliphatic carbocycles. The molecule has 0 atom stereocenters. The van der Waals surface area contributed by atoms with Crippen LogP contribution >= 0.6 is 0 Å². The fourth-order valence-electron chi connectivity index (χ4n) is 1.38. The van der Waals surface area contributed by atoms with Gasteiger partial charge in [-0.15, -0.1) is 0 Å². The Morgan fingerprint density at radius 3 is 2.35 bits per heavy atom. The summed E-state index contributed by atoms with van der Waals surface area (Å²) in [4.78, 5) is 12.3. The smallest absolute Gasteiger partial charge is 0.334 e. The summed E-state index contributed by atoms with van der Waals surface area (Å²) in [5.74, 6) is -0.435. The standard InChI is InChI=1S/C11H21F3N2O/c1-4-16(8-11(12,13)14)10(17)6-5-7-15-9(2)3/h9,15H,4-8H2,1-3H3. The Labute approximate surface area is 100 Å². The molecule has 0 unspecified atom stereocenters. The van der Waals surface area contributed by atoms with Gasteiger partial charge in [0.2, 0.25) is 5.91 Å². The first-order chi connectivity index (χ1) is 7.76. The molecule has 6 heteroatoms. The van der Waals surface area contributed by atoms with E-state index in [1.54, 1.807) is 6.92 Å². The predicted molar refractivity (Wildman–Crippen MR) is 60.7 cm³/mol. The molecule has 1 amide bonds. The van der Waals surface area contributed by atoms with Crippen LogP contribution in [-0.4, -0.2) is 42.7 Å². The normalized spacial score (nSPS) is 11.9. The fraction of sp³-hybridized carbons (Fsp3) is 0.909. The van der Waals surface area contributed by atoms with Crippen molar-refractivity contribution in [3.8, 4) is 0 Å². The zero-order valence-electron chi connectivity index (χ0n) is 10.6. The predicted octanol–water partition coefficient (Wildman–Crippen LogP) is 2.18. The molecule has 0 aliphatic heterocycles. The first-order valence-corrected chi connectivity index (χ1v) is 5.84. The van der Waals surface area contributed by atoms with Gasteiger partial charge in [0.1, 0.15) is 6.54 Å². The molecule has 0 aromatic rings. The number of nitrogens with one attached hydrogen (secondary N) is 1. The van der Waals surface area contributed by atoms with Crippen molar-refractivity contribution in [2.75, 3.05) is 19.6 Å². The lowest BCUT2D eigenvalue weighted by atomic mass is 10.2. The van der Waals surface area contributed by atoms with E-state index in [1.165, 1.54) is 0 Å². The van der Waals surface area contributed by atoms with Crippen molar-refractivity contribution in [1.29, 1.82) is 0 Å². The van der Waals surface area contributed by atoms with Crippen molar-refractivity contribution >= 4 is 5.91 Å². The second-order valence-corrected chi connectivity index (χ2v) is 4.24. The minimum Gasteiger partial charge on any atom is -0.334 e. The molecule has 0 radical (unpaired) electrons. The maximum absolute atomic E-state index is 12.1. The van der Waals surface area contributed by atoms with E-state index < -0.39 is 18.6 Å². The van der Waals surface area contributed by atoms with Gasteiger partial charge in [0.05, 0.1) is 0 Å². The highest BCUT2D eigenvalue weighted by atomic mass is 19.4. The summed E-state index contributed by atoms with van der Waals surface area (Å²) in [5.41, 5.74) is 0. The Morgan fingerprint density at radius 1 is 1.35 bits per heavy atom. The number of nitrogens with zero attached hydrogens (tertiary/aromatic N) is 1. The summed E-state index contributed by atoms with van der Waals surface area (Å²) >= 11 is 0. The van der Waals surface area contributed by atoms with Crippen LogP contribution in [0.15, 0.2) is 0 Å². The summed E-state index contributed by atoms with van der Waals surface area (Å²) in [5, 5.41) is 3.11. The molecule has 0 aliphatic rings. The van der Waals surface area contributed by atoms with Crippen LogP contribution in [0.5, 0.6) is 0 Å². The quantitative estimate of drug-likeness (QED) is 0.706. The van der Waals surface area contributed by atoms with E-state index in [0.717, 1.165) is 4.90 Å². The Morgan fingerprint density at radius 2 is 1.94 bits per heavy atom. The third kappa shape index (κ3) is 8.97. The third-order valence-electron chi connectivity index (χ3n) is 2.22. The van der Waals surface area contributed by atoms with Crippen LogP contribution < -0.4 is 5.32 Å². The molecule has 0 aromatic carbocycles. The lowest BCUT2D eigenvalue weighted by molar-refractivity contribution is -0.160. The van der Waals surface area contributed by atoms with Crippen molar-refractivity contribution in [1.82, 2.24) is 10.2 Å². The van der Waals surface area contributed by atoms with Gasteiger partial charge >= 0.3 is 6.18 Å². The highest BCUT2D eigenvalue weighted by Crippen LogP contribution is 2.16. The van der Waals surface area contributed by atoms with Crippen LogP contribution in [0.1, 0.15) is 33.6 Å². The molecule has 3 nitrogen and oxygen atoms in total. The topological polar surface area (TPSA) is 32.3 Å². The van der Waals surface area contributed by atoms with E-state index in [9.17, 15) is 18.0 Å². The van der Waals surface area contributed by atoms with Crippen molar-refractivity contribution in [3.05, 3.63) is 0 Å². The number of alkyl halides is 3. The molecule has 0 fully saturated rings. The van der Waals surface area contributed by atoms with E-state index in [-0.39, 0.29) is 13.0 Å². The number of hydrogen-bond donors (Lipinski definition) is 1. The van der Waals surface area contributed by atoms with Crippen LogP contribution in [0.4, 0.5) is 13.2 Å². The van der Waals surface area contributed by atoms with Crippen molar-refractivity contribution in [3.63, 3.8) is 0 Å². The van der Waals surface area contributed by atoms with Gasteiger partial charge in [-0.05, 0) is 19.9 Å². The summed E-state index contributed by atoms with van der Waals surface area (Å²) in [6.45, 7) is 5.09. The number of rotatable bonds is 7. The first kappa shape index (κ1) is 16.2. The van der Waals surface area contributed by atoms with Gasteiger partial charge in [-0.3, -0.25) is 4.79 Å². The summed E-state index contributed by atoms with van der Waals surface area (Å²) in [6.07, 6.45) is -3.60. The minimum absolute atomic E-state index is 0.0932. The fourth-order valence-corrected chi connectivity index (χ4v) is 1.38. The number of hydrogen-bond acceptors (Lipinski definition) is 2. The average molecular weight is 254 g/mol. The molecule has 0 rings (SSSR count). The van der Waals surface area contributed by atoms with Crippen LogP contribution in [-0.2, 0) is 4.79 Å². The van der Waals surface area contributed by atoms with Crippen LogP contribution in [0, 0.1) is 0 Å². The molecule has 0 spiro atoms. The molecule has 17 heavy (non-hydrogen) atoms. The van der Waals surface area contributed by atoms with Crippen molar-refractivity contribution in [2.45, 2.75) is 45.8 Å². The monoisotopic (exact) mass is 254 g/mol. The maximum Gasteiger partial charge on any atom is 0.406 e. The zero-order valence-corrected chi connectivity index (χ0v) is 10.6. The number of halogens is 3. The molecular weight excluding hydrogens is 233 g/mol. The van der Waals surface area contributed by atoms with Crippen LogP contribution in [0.25, 0.3) is 0 Å². The molecule has 0 saturated carbocycles. The highest BCUT2D eigenvalue weighted by Gasteiger charge is 2.31. The van der Waals surface area contributed by atoms with Crippen LogP contribution in [0.2, 0.25) is 0 Å². The van der Waals surface area contributed by atoms with Crippen molar-refractivity contribution in [2.24, 2.45) is 0 Å². The van der Waals surface area contributed by atoms with Crippen LogP contribution in [0.3, 0.4) is 0 Å². The minimum atomic E-state index is -4.32. The third-order valence-corrected chi connectivity index (χ3v) is 2.22. The van der Waals surface area contributed by atoms with Gasteiger partial charge in [0.25, 0.3) is 0 Å².